The molecule has 2 amide bonds. The first-order valence-corrected chi connectivity index (χ1v) is 10.6. The maximum atomic E-state index is 13.2. The number of para-hydroxylation sites is 1. The number of esters is 1. The van der Waals surface area contributed by atoms with Gasteiger partial charge in [-0.15, -0.1) is 0 Å². The number of carbonyl (C=O) groups is 3. The van der Waals surface area contributed by atoms with E-state index in [1.165, 1.54) is 12.0 Å². The summed E-state index contributed by atoms with van der Waals surface area (Å²) in [6.45, 7) is 3.83. The zero-order valence-corrected chi connectivity index (χ0v) is 19.1. The minimum Gasteiger partial charge on any atom is -0.465 e. The number of amides is 2. The van der Waals surface area contributed by atoms with Crippen LogP contribution in [0.4, 0.5) is 5.69 Å². The molecule has 0 saturated carbocycles. The number of anilines is 1. The highest BCUT2D eigenvalue weighted by Gasteiger charge is 2.34. The first-order valence-electron chi connectivity index (χ1n) is 10.2. The van der Waals surface area contributed by atoms with E-state index in [-0.39, 0.29) is 10.7 Å². The smallest absolute Gasteiger partial charge is 0.337 e. The van der Waals surface area contributed by atoms with Crippen LogP contribution in [0.2, 0.25) is 0 Å². The molecule has 8 heteroatoms. The average molecular weight is 460 g/mol. The number of nitrogens with one attached hydrogen (secondary N) is 1. The van der Waals surface area contributed by atoms with Gasteiger partial charge < -0.3 is 9.30 Å². The normalized spacial score (nSPS) is 15.1. The van der Waals surface area contributed by atoms with E-state index in [1.807, 2.05) is 42.7 Å². The van der Waals surface area contributed by atoms with Crippen LogP contribution in [-0.2, 0) is 14.3 Å². The quantitative estimate of drug-likeness (QED) is 0.278. The molecular formula is C25H21N3O4S. The predicted molar refractivity (Wildman–Crippen MR) is 129 cm³/mol. The van der Waals surface area contributed by atoms with Gasteiger partial charge in [0, 0.05) is 17.1 Å². The standard InChI is InChI=1S/C25H21N3O4S/c1-15-13-18(16(2)27(15)20-11-9-17(10-12-20)24(31)32-3)14-21-22(29)26-25(33)28(23(21)30)19-7-5-4-6-8-19/h4-14H,1-3H3,(H,26,29,33). The number of nitrogens with zero attached hydrogens (tertiary/aromatic N) is 2. The second-order valence-electron chi connectivity index (χ2n) is 7.49. The van der Waals surface area contributed by atoms with Crippen molar-refractivity contribution in [1.82, 2.24) is 9.88 Å². The van der Waals surface area contributed by atoms with Gasteiger partial charge in [0.25, 0.3) is 11.8 Å². The summed E-state index contributed by atoms with van der Waals surface area (Å²) in [7, 11) is 1.34. The number of hydrogen-bond donors (Lipinski definition) is 1. The van der Waals surface area contributed by atoms with Crippen molar-refractivity contribution in [3.8, 4) is 5.69 Å². The number of rotatable bonds is 4. The van der Waals surface area contributed by atoms with Crippen LogP contribution >= 0.6 is 12.2 Å². The van der Waals surface area contributed by atoms with Gasteiger partial charge in [-0.1, -0.05) is 18.2 Å². The van der Waals surface area contributed by atoms with Crippen molar-refractivity contribution < 1.29 is 19.1 Å². The Balaban J connectivity index is 1.72. The molecule has 3 aromatic rings. The molecule has 33 heavy (non-hydrogen) atoms. The second-order valence-corrected chi connectivity index (χ2v) is 7.88. The van der Waals surface area contributed by atoms with Gasteiger partial charge in [0.1, 0.15) is 5.57 Å². The van der Waals surface area contributed by atoms with Crippen molar-refractivity contribution >= 4 is 46.9 Å². The maximum Gasteiger partial charge on any atom is 0.337 e. The van der Waals surface area contributed by atoms with Crippen LogP contribution in [0.5, 0.6) is 0 Å². The molecule has 1 aromatic heterocycles. The summed E-state index contributed by atoms with van der Waals surface area (Å²) in [6, 6.07) is 17.8. The summed E-state index contributed by atoms with van der Waals surface area (Å²) in [6.07, 6.45) is 1.58. The van der Waals surface area contributed by atoms with Crippen LogP contribution in [0.15, 0.2) is 66.2 Å². The molecular weight excluding hydrogens is 438 g/mol. The number of carbonyl (C=O) groups excluding carboxylic acids is 3. The zero-order valence-electron chi connectivity index (χ0n) is 18.3. The molecule has 7 nitrogen and oxygen atoms in total. The largest absolute Gasteiger partial charge is 0.465 e. The van der Waals surface area contributed by atoms with Gasteiger partial charge in [0.05, 0.1) is 18.4 Å². The van der Waals surface area contributed by atoms with Gasteiger partial charge >= 0.3 is 5.97 Å². The topological polar surface area (TPSA) is 80.6 Å². The molecule has 0 unspecified atom stereocenters. The third kappa shape index (κ3) is 4.08. The van der Waals surface area contributed by atoms with Crippen molar-refractivity contribution in [3.63, 3.8) is 0 Å². The molecule has 2 heterocycles. The van der Waals surface area contributed by atoms with Crippen molar-refractivity contribution in [2.24, 2.45) is 0 Å². The third-order valence-corrected chi connectivity index (χ3v) is 5.72. The van der Waals surface area contributed by atoms with Crippen LogP contribution in [0.1, 0.15) is 27.3 Å². The fraction of sp³-hybridized carbons (Fsp3) is 0.120. The number of hydrogen-bond acceptors (Lipinski definition) is 5. The molecule has 1 saturated heterocycles. The summed E-state index contributed by atoms with van der Waals surface area (Å²) in [4.78, 5) is 38.9. The minimum atomic E-state index is -0.538. The van der Waals surface area contributed by atoms with Crippen molar-refractivity contribution in [3.05, 3.63) is 88.8 Å². The summed E-state index contributed by atoms with van der Waals surface area (Å²) >= 11 is 5.24. The van der Waals surface area contributed by atoms with Crippen LogP contribution in [-0.4, -0.2) is 34.6 Å². The Bertz CT molecular complexity index is 1310. The number of methoxy groups -OCH3 is 1. The van der Waals surface area contributed by atoms with E-state index < -0.39 is 17.8 Å². The van der Waals surface area contributed by atoms with Gasteiger partial charge in [0.2, 0.25) is 0 Å². The van der Waals surface area contributed by atoms with Gasteiger partial charge in [-0.25, -0.2) is 4.79 Å². The Hall–Kier alpha value is -4.04. The van der Waals surface area contributed by atoms with Gasteiger partial charge in [-0.3, -0.25) is 19.8 Å². The van der Waals surface area contributed by atoms with E-state index in [9.17, 15) is 14.4 Å². The monoisotopic (exact) mass is 459 g/mol. The van der Waals surface area contributed by atoms with Gasteiger partial charge in [-0.2, -0.15) is 0 Å². The Kier molecular flexibility index (Phi) is 5.93. The Morgan fingerprint density at radius 2 is 1.67 bits per heavy atom. The minimum absolute atomic E-state index is 0.00579. The summed E-state index contributed by atoms with van der Waals surface area (Å²) < 4.78 is 6.73. The zero-order chi connectivity index (χ0) is 23.7. The van der Waals surface area contributed by atoms with E-state index in [2.05, 4.69) is 5.32 Å². The van der Waals surface area contributed by atoms with E-state index in [0.29, 0.717) is 11.3 Å². The molecule has 4 rings (SSSR count). The summed E-state index contributed by atoms with van der Waals surface area (Å²) in [5.41, 5.74) is 4.34. The van der Waals surface area contributed by atoms with Crippen LogP contribution < -0.4 is 10.2 Å². The van der Waals surface area contributed by atoms with Gasteiger partial charge in [0.15, 0.2) is 5.11 Å². The molecule has 1 aliphatic rings. The lowest BCUT2D eigenvalue weighted by Crippen LogP contribution is -2.54. The van der Waals surface area contributed by atoms with E-state index in [4.69, 9.17) is 17.0 Å². The number of thiocarbonyl (C=S) groups is 1. The number of ether oxygens (including phenoxy) is 1. The molecule has 0 spiro atoms. The van der Waals surface area contributed by atoms with Crippen LogP contribution in [0.25, 0.3) is 11.8 Å². The lowest BCUT2D eigenvalue weighted by atomic mass is 10.1. The molecule has 0 aliphatic carbocycles. The molecule has 1 aliphatic heterocycles. The Morgan fingerprint density at radius 3 is 2.30 bits per heavy atom. The second kappa shape index (κ2) is 8.84. The molecule has 166 valence electrons. The highest BCUT2D eigenvalue weighted by atomic mass is 32.1. The van der Waals surface area contributed by atoms with Crippen molar-refractivity contribution in [1.29, 1.82) is 0 Å². The Morgan fingerprint density at radius 1 is 1.00 bits per heavy atom. The average Bonchev–Trinajstić information content (AvgIpc) is 3.09. The molecule has 1 fully saturated rings. The van der Waals surface area contributed by atoms with Crippen LogP contribution in [0, 0.1) is 13.8 Å². The molecule has 0 radical (unpaired) electrons. The summed E-state index contributed by atoms with van der Waals surface area (Å²) in [5, 5.41) is 2.65. The maximum absolute atomic E-state index is 13.2. The highest BCUT2D eigenvalue weighted by molar-refractivity contribution is 7.80. The van der Waals surface area contributed by atoms with Crippen molar-refractivity contribution in [2.45, 2.75) is 13.8 Å². The van der Waals surface area contributed by atoms with Crippen LogP contribution in [0.3, 0.4) is 0 Å². The first kappa shape index (κ1) is 22.2. The predicted octanol–water partition coefficient (Wildman–Crippen LogP) is 3.71. The number of aromatic nitrogens is 1. The Labute approximate surface area is 196 Å². The summed E-state index contributed by atoms with van der Waals surface area (Å²) in [5.74, 6) is -1.43. The molecule has 1 N–H and O–H groups in total. The molecule has 2 aromatic carbocycles. The van der Waals surface area contributed by atoms with E-state index >= 15 is 0 Å². The number of benzene rings is 2. The van der Waals surface area contributed by atoms with Gasteiger partial charge in [-0.05, 0) is 80.2 Å². The lowest BCUT2D eigenvalue weighted by molar-refractivity contribution is -0.122. The first-order chi connectivity index (χ1) is 15.8. The number of aryl methyl sites for hydroxylation is 1. The van der Waals surface area contributed by atoms with E-state index in [0.717, 1.165) is 22.6 Å². The highest BCUT2D eigenvalue weighted by Crippen LogP contribution is 2.26. The third-order valence-electron chi connectivity index (χ3n) is 5.43. The lowest BCUT2D eigenvalue weighted by Gasteiger charge is -2.28. The molecule has 0 atom stereocenters. The van der Waals surface area contributed by atoms with E-state index in [1.54, 1.807) is 42.5 Å². The van der Waals surface area contributed by atoms with Crippen molar-refractivity contribution in [2.75, 3.05) is 12.0 Å². The fourth-order valence-electron chi connectivity index (χ4n) is 3.82. The SMILES string of the molecule is COC(=O)c1ccc(-n2c(C)cc(C=C3C(=O)NC(=S)N(c4ccccc4)C3=O)c2C)cc1. The fourth-order valence-corrected chi connectivity index (χ4v) is 4.10. The molecule has 0 bridgehead atoms.